The van der Waals surface area contributed by atoms with Gasteiger partial charge in [0.15, 0.2) is 0 Å². The number of nitrogens with one attached hydrogen (secondary N) is 2. The minimum atomic E-state index is 0.541. The van der Waals surface area contributed by atoms with Crippen LogP contribution in [-0.4, -0.2) is 16.3 Å². The molecule has 0 saturated heterocycles. The second-order valence-corrected chi connectivity index (χ2v) is 4.54. The summed E-state index contributed by atoms with van der Waals surface area (Å²) in [6, 6.07) is 3.79. The van der Waals surface area contributed by atoms with Crippen LogP contribution in [0.25, 0.3) is 11.0 Å². The SMILES string of the molecule is C=C(Br)N/C=N/c1cc2nc(N)c(C)cc2[nH]1. The Kier molecular flexibility index (Phi) is 3.14. The smallest absolute Gasteiger partial charge is 0.134 e. The number of hydrogen-bond donors (Lipinski definition) is 3. The number of pyridine rings is 1. The van der Waals surface area contributed by atoms with Gasteiger partial charge in [-0.3, -0.25) is 0 Å². The zero-order valence-electron chi connectivity index (χ0n) is 9.29. The highest BCUT2D eigenvalue weighted by atomic mass is 79.9. The highest BCUT2D eigenvalue weighted by Gasteiger charge is 2.03. The molecule has 6 heteroatoms. The fraction of sp³-hybridized carbons (Fsp3) is 0.0909. The molecule has 88 valence electrons. The number of halogens is 1. The Bertz CT molecular complexity index is 560. The molecule has 0 aliphatic rings. The van der Waals surface area contributed by atoms with E-state index < -0.39 is 0 Å². The van der Waals surface area contributed by atoms with Gasteiger partial charge in [0.1, 0.15) is 11.6 Å². The van der Waals surface area contributed by atoms with Gasteiger partial charge in [0, 0.05) is 6.07 Å². The van der Waals surface area contributed by atoms with Gasteiger partial charge in [-0.2, -0.15) is 0 Å². The molecule has 0 fully saturated rings. The van der Waals surface area contributed by atoms with E-state index in [2.05, 4.69) is 42.8 Å². The third-order valence-corrected chi connectivity index (χ3v) is 2.47. The van der Waals surface area contributed by atoms with Crippen molar-refractivity contribution in [2.45, 2.75) is 6.92 Å². The number of H-pyrrole nitrogens is 1. The van der Waals surface area contributed by atoms with Gasteiger partial charge in [0.2, 0.25) is 0 Å². The summed E-state index contributed by atoms with van der Waals surface area (Å²) in [7, 11) is 0. The topological polar surface area (TPSA) is 79.1 Å². The van der Waals surface area contributed by atoms with E-state index in [1.54, 1.807) is 0 Å². The molecule has 2 aromatic heterocycles. The van der Waals surface area contributed by atoms with Crippen LogP contribution < -0.4 is 11.1 Å². The number of nitrogens with two attached hydrogens (primary N) is 1. The van der Waals surface area contributed by atoms with Crippen LogP contribution in [0.15, 0.2) is 28.3 Å². The number of hydrogen-bond acceptors (Lipinski definition) is 3. The molecule has 0 aliphatic carbocycles. The van der Waals surface area contributed by atoms with E-state index in [4.69, 9.17) is 5.73 Å². The first-order chi connectivity index (χ1) is 8.06. The highest BCUT2D eigenvalue weighted by molar-refractivity contribution is 9.11. The van der Waals surface area contributed by atoms with Crippen molar-refractivity contribution in [3.8, 4) is 0 Å². The molecule has 0 spiro atoms. The zero-order valence-corrected chi connectivity index (χ0v) is 10.9. The van der Waals surface area contributed by atoms with Gasteiger partial charge in [-0.25, -0.2) is 9.98 Å². The molecule has 0 aliphatic heterocycles. The van der Waals surface area contributed by atoms with Crippen LogP contribution in [0.4, 0.5) is 11.6 Å². The lowest BCUT2D eigenvalue weighted by Crippen LogP contribution is -2.03. The maximum Gasteiger partial charge on any atom is 0.134 e. The first kappa shape index (κ1) is 11.7. The molecule has 2 heterocycles. The Labute approximate surface area is 107 Å². The van der Waals surface area contributed by atoms with Crippen molar-refractivity contribution in [3.05, 3.63) is 28.9 Å². The van der Waals surface area contributed by atoms with Gasteiger partial charge in [-0.1, -0.05) is 6.58 Å². The molecule has 0 radical (unpaired) electrons. The fourth-order valence-electron chi connectivity index (χ4n) is 1.40. The summed E-state index contributed by atoms with van der Waals surface area (Å²) < 4.78 is 0.649. The second kappa shape index (κ2) is 4.58. The van der Waals surface area contributed by atoms with Gasteiger partial charge in [-0.05, 0) is 34.5 Å². The number of nitrogen functional groups attached to an aromatic ring is 1. The summed E-state index contributed by atoms with van der Waals surface area (Å²) in [5, 5.41) is 2.83. The first-order valence-corrected chi connectivity index (χ1v) is 5.75. The van der Waals surface area contributed by atoms with Crippen LogP contribution in [0.5, 0.6) is 0 Å². The number of aromatic nitrogens is 2. The molecule has 2 rings (SSSR count). The number of aromatic amines is 1. The Morgan fingerprint density at radius 3 is 3.12 bits per heavy atom. The van der Waals surface area contributed by atoms with E-state index in [0.29, 0.717) is 16.2 Å². The number of rotatable bonds is 3. The average Bonchev–Trinajstić information content (AvgIpc) is 2.60. The Morgan fingerprint density at radius 2 is 2.41 bits per heavy atom. The monoisotopic (exact) mass is 293 g/mol. The molecule has 0 aromatic carbocycles. The molecule has 0 saturated carbocycles. The Balaban J connectivity index is 2.32. The summed E-state index contributed by atoms with van der Waals surface area (Å²) >= 11 is 3.17. The normalized spacial score (nSPS) is 11.2. The quantitative estimate of drug-likeness (QED) is 0.462. The molecule has 0 unspecified atom stereocenters. The molecule has 17 heavy (non-hydrogen) atoms. The Morgan fingerprint density at radius 1 is 1.65 bits per heavy atom. The summed E-state index contributed by atoms with van der Waals surface area (Å²) in [5.41, 5.74) is 8.41. The molecule has 0 bridgehead atoms. The minimum absolute atomic E-state index is 0.541. The van der Waals surface area contributed by atoms with E-state index in [-0.39, 0.29) is 0 Å². The standard InChI is InChI=1S/C11H12BrN5/c1-6-3-8-9(17-11(6)13)4-10(16-8)15-5-14-7(2)12/h3-5,16H,2H2,1H3,(H2,13,17)(H,14,15). The number of nitrogens with zero attached hydrogens (tertiary/aromatic N) is 2. The Hall–Kier alpha value is -1.82. The van der Waals surface area contributed by atoms with Crippen molar-refractivity contribution in [2.24, 2.45) is 4.99 Å². The molecular weight excluding hydrogens is 282 g/mol. The van der Waals surface area contributed by atoms with Crippen LogP contribution >= 0.6 is 15.9 Å². The zero-order chi connectivity index (χ0) is 12.4. The molecule has 4 N–H and O–H groups in total. The lowest BCUT2D eigenvalue weighted by atomic mass is 10.2. The highest BCUT2D eigenvalue weighted by Crippen LogP contribution is 2.22. The second-order valence-electron chi connectivity index (χ2n) is 3.59. The van der Waals surface area contributed by atoms with Crippen molar-refractivity contribution < 1.29 is 0 Å². The average molecular weight is 294 g/mol. The van der Waals surface area contributed by atoms with Gasteiger partial charge in [0.05, 0.1) is 22.0 Å². The van der Waals surface area contributed by atoms with E-state index in [9.17, 15) is 0 Å². The van der Waals surface area contributed by atoms with Crippen molar-refractivity contribution in [2.75, 3.05) is 5.73 Å². The third-order valence-electron chi connectivity index (χ3n) is 2.24. The van der Waals surface area contributed by atoms with Crippen molar-refractivity contribution in [1.82, 2.24) is 15.3 Å². The molecule has 5 nitrogen and oxygen atoms in total. The van der Waals surface area contributed by atoms with Gasteiger partial charge in [0.25, 0.3) is 0 Å². The van der Waals surface area contributed by atoms with Crippen molar-refractivity contribution >= 4 is 44.9 Å². The largest absolute Gasteiger partial charge is 0.383 e. The number of anilines is 1. The van der Waals surface area contributed by atoms with Crippen molar-refractivity contribution in [3.63, 3.8) is 0 Å². The fourth-order valence-corrected chi connectivity index (χ4v) is 1.50. The van der Waals surface area contributed by atoms with Gasteiger partial charge < -0.3 is 16.0 Å². The molecule has 0 atom stereocenters. The maximum atomic E-state index is 5.74. The van der Waals surface area contributed by atoms with Crippen LogP contribution in [-0.2, 0) is 0 Å². The minimum Gasteiger partial charge on any atom is -0.383 e. The lowest BCUT2D eigenvalue weighted by molar-refractivity contribution is 1.27. The van der Waals surface area contributed by atoms with Crippen molar-refractivity contribution in [1.29, 1.82) is 0 Å². The van der Waals surface area contributed by atoms with E-state index in [1.165, 1.54) is 6.34 Å². The maximum absolute atomic E-state index is 5.74. The predicted molar refractivity (Wildman–Crippen MR) is 74.6 cm³/mol. The number of fused-ring (bicyclic) bond motifs is 1. The van der Waals surface area contributed by atoms with E-state index in [1.807, 2.05) is 19.1 Å². The summed E-state index contributed by atoms with van der Waals surface area (Å²) in [6.07, 6.45) is 1.54. The molecule has 0 amide bonds. The van der Waals surface area contributed by atoms with Crippen LogP contribution in [0.3, 0.4) is 0 Å². The lowest BCUT2D eigenvalue weighted by Gasteiger charge is -1.97. The van der Waals surface area contributed by atoms with Crippen LogP contribution in [0, 0.1) is 6.92 Å². The van der Waals surface area contributed by atoms with E-state index in [0.717, 1.165) is 16.6 Å². The first-order valence-electron chi connectivity index (χ1n) is 4.95. The van der Waals surface area contributed by atoms with E-state index >= 15 is 0 Å². The summed E-state index contributed by atoms with van der Waals surface area (Å²) in [6.45, 7) is 5.55. The van der Waals surface area contributed by atoms with Crippen LogP contribution in [0.1, 0.15) is 5.56 Å². The summed E-state index contributed by atoms with van der Waals surface area (Å²) in [4.78, 5) is 11.6. The van der Waals surface area contributed by atoms with Gasteiger partial charge >= 0.3 is 0 Å². The summed E-state index contributed by atoms with van der Waals surface area (Å²) in [5.74, 6) is 1.25. The molecular formula is C11H12BrN5. The molecule has 2 aromatic rings. The number of aliphatic imine (C=N–C) groups is 1. The van der Waals surface area contributed by atoms with Gasteiger partial charge in [-0.15, -0.1) is 0 Å². The third kappa shape index (κ3) is 2.65. The predicted octanol–water partition coefficient (Wildman–Crippen LogP) is 2.57. The van der Waals surface area contributed by atoms with Crippen LogP contribution in [0.2, 0.25) is 0 Å². The number of aryl methyl sites for hydroxylation is 1.